The second-order valence-corrected chi connectivity index (χ2v) is 6.23. The standard InChI is InChI=1S/C21H23NO4/c1-3-4-8-19-20(16-7-5-6-9-18(16)26-19)21(24)22-17-11-10-15(23)12-14(17)13-25-2/h5-7,9-12,23H,3-4,8,13H2,1-2H3,(H,22,24). The summed E-state index contributed by atoms with van der Waals surface area (Å²) in [6.45, 7) is 2.40. The van der Waals surface area contributed by atoms with Gasteiger partial charge < -0.3 is 19.6 Å². The zero-order valence-corrected chi connectivity index (χ0v) is 15.0. The summed E-state index contributed by atoms with van der Waals surface area (Å²) in [7, 11) is 1.57. The Hall–Kier alpha value is -2.79. The number of amides is 1. The van der Waals surface area contributed by atoms with Crippen LogP contribution in [-0.2, 0) is 17.8 Å². The van der Waals surface area contributed by atoms with Crippen LogP contribution in [-0.4, -0.2) is 18.1 Å². The van der Waals surface area contributed by atoms with E-state index in [1.165, 1.54) is 0 Å². The van der Waals surface area contributed by atoms with Gasteiger partial charge in [0.05, 0.1) is 12.2 Å². The van der Waals surface area contributed by atoms with Gasteiger partial charge in [-0.15, -0.1) is 0 Å². The highest BCUT2D eigenvalue weighted by Gasteiger charge is 2.21. The summed E-state index contributed by atoms with van der Waals surface area (Å²) in [6, 6.07) is 12.4. The van der Waals surface area contributed by atoms with Gasteiger partial charge in [0.15, 0.2) is 0 Å². The first-order chi connectivity index (χ1) is 12.6. The summed E-state index contributed by atoms with van der Waals surface area (Å²) in [5.74, 6) is 0.620. The number of carbonyl (C=O) groups is 1. The molecule has 0 fully saturated rings. The quantitative estimate of drug-likeness (QED) is 0.594. The Morgan fingerprint density at radius 3 is 2.81 bits per heavy atom. The molecule has 0 aliphatic heterocycles. The SMILES string of the molecule is CCCCc1oc2ccccc2c1C(=O)Nc1ccc(O)cc1COC. The van der Waals surface area contributed by atoms with Crippen LogP contribution in [0.25, 0.3) is 11.0 Å². The zero-order valence-electron chi connectivity index (χ0n) is 15.0. The third kappa shape index (κ3) is 3.73. The number of phenolic OH excluding ortho intramolecular Hbond substituents is 1. The number of benzene rings is 2. The van der Waals surface area contributed by atoms with E-state index in [2.05, 4.69) is 12.2 Å². The maximum Gasteiger partial charge on any atom is 0.259 e. The molecule has 2 N–H and O–H groups in total. The van der Waals surface area contributed by atoms with Crippen LogP contribution < -0.4 is 5.32 Å². The van der Waals surface area contributed by atoms with Gasteiger partial charge in [-0.2, -0.15) is 0 Å². The van der Waals surface area contributed by atoms with E-state index in [9.17, 15) is 9.90 Å². The first-order valence-electron chi connectivity index (χ1n) is 8.76. The third-order valence-electron chi connectivity index (χ3n) is 4.29. The minimum Gasteiger partial charge on any atom is -0.508 e. The van der Waals surface area contributed by atoms with E-state index in [0.29, 0.717) is 41.2 Å². The molecule has 0 saturated carbocycles. The number of methoxy groups -OCH3 is 1. The van der Waals surface area contributed by atoms with Crippen LogP contribution in [0.1, 0.15) is 41.4 Å². The summed E-state index contributed by atoms with van der Waals surface area (Å²) in [6.07, 6.45) is 2.69. The molecule has 0 aliphatic rings. The largest absolute Gasteiger partial charge is 0.508 e. The number of fused-ring (bicyclic) bond motifs is 1. The topological polar surface area (TPSA) is 71.7 Å². The minimum atomic E-state index is -0.218. The van der Waals surface area contributed by atoms with Crippen LogP contribution in [0.5, 0.6) is 5.75 Å². The predicted octanol–water partition coefficient (Wildman–Crippen LogP) is 4.88. The van der Waals surface area contributed by atoms with Gasteiger partial charge in [0.1, 0.15) is 17.1 Å². The molecule has 0 atom stereocenters. The number of hydrogen-bond donors (Lipinski definition) is 2. The minimum absolute atomic E-state index is 0.132. The molecule has 3 rings (SSSR count). The lowest BCUT2D eigenvalue weighted by Crippen LogP contribution is -2.15. The van der Waals surface area contributed by atoms with Crippen molar-refractivity contribution in [2.24, 2.45) is 0 Å². The Morgan fingerprint density at radius 2 is 2.04 bits per heavy atom. The van der Waals surface area contributed by atoms with E-state index in [-0.39, 0.29) is 11.7 Å². The van der Waals surface area contributed by atoms with Crippen LogP contribution in [0.15, 0.2) is 46.9 Å². The molecule has 5 heteroatoms. The van der Waals surface area contributed by atoms with Crippen molar-refractivity contribution >= 4 is 22.6 Å². The first-order valence-corrected chi connectivity index (χ1v) is 8.76. The zero-order chi connectivity index (χ0) is 18.5. The summed E-state index contributed by atoms with van der Waals surface area (Å²) in [5, 5.41) is 13.4. The Balaban J connectivity index is 1.97. The predicted molar refractivity (Wildman–Crippen MR) is 102 cm³/mol. The number of aromatic hydroxyl groups is 1. The second kappa shape index (κ2) is 8.06. The second-order valence-electron chi connectivity index (χ2n) is 6.23. The molecule has 0 radical (unpaired) electrons. The Kier molecular flexibility index (Phi) is 5.58. The number of carbonyl (C=O) groups excluding carboxylic acids is 1. The highest BCUT2D eigenvalue weighted by molar-refractivity contribution is 6.13. The number of nitrogens with one attached hydrogen (secondary N) is 1. The van der Waals surface area contributed by atoms with Crippen molar-refractivity contribution < 1.29 is 19.1 Å². The van der Waals surface area contributed by atoms with Crippen LogP contribution in [0.2, 0.25) is 0 Å². The lowest BCUT2D eigenvalue weighted by Gasteiger charge is -2.11. The Bertz CT molecular complexity index is 914. The lowest BCUT2D eigenvalue weighted by atomic mass is 10.1. The van der Waals surface area contributed by atoms with Gasteiger partial charge in [0, 0.05) is 30.2 Å². The molecule has 0 bridgehead atoms. The summed E-state index contributed by atoms with van der Waals surface area (Å²) in [5.41, 5.74) is 2.61. The van der Waals surface area contributed by atoms with Crippen molar-refractivity contribution in [3.63, 3.8) is 0 Å². The van der Waals surface area contributed by atoms with E-state index >= 15 is 0 Å². The van der Waals surface area contributed by atoms with Gasteiger partial charge in [-0.05, 0) is 30.7 Å². The normalized spacial score (nSPS) is 11.0. The maximum atomic E-state index is 13.0. The molecule has 26 heavy (non-hydrogen) atoms. The summed E-state index contributed by atoms with van der Waals surface area (Å²) < 4.78 is 11.1. The van der Waals surface area contributed by atoms with Crippen molar-refractivity contribution in [2.75, 3.05) is 12.4 Å². The third-order valence-corrected chi connectivity index (χ3v) is 4.29. The average molecular weight is 353 g/mol. The number of anilines is 1. The van der Waals surface area contributed by atoms with E-state index in [4.69, 9.17) is 9.15 Å². The number of para-hydroxylation sites is 1. The van der Waals surface area contributed by atoms with Crippen molar-refractivity contribution in [1.82, 2.24) is 0 Å². The molecule has 3 aromatic rings. The fourth-order valence-electron chi connectivity index (χ4n) is 3.02. The summed E-state index contributed by atoms with van der Waals surface area (Å²) in [4.78, 5) is 13.0. The van der Waals surface area contributed by atoms with Crippen molar-refractivity contribution in [3.05, 3.63) is 59.4 Å². The monoisotopic (exact) mass is 353 g/mol. The van der Waals surface area contributed by atoms with E-state index in [0.717, 1.165) is 18.2 Å². The molecular weight excluding hydrogens is 330 g/mol. The summed E-state index contributed by atoms with van der Waals surface area (Å²) >= 11 is 0. The molecule has 1 amide bonds. The molecule has 1 aromatic heterocycles. The molecule has 5 nitrogen and oxygen atoms in total. The van der Waals surface area contributed by atoms with Crippen LogP contribution in [0, 0.1) is 0 Å². The number of aryl methyl sites for hydroxylation is 1. The molecule has 0 saturated heterocycles. The molecular formula is C21H23NO4. The number of hydrogen-bond acceptors (Lipinski definition) is 4. The van der Waals surface area contributed by atoms with Crippen LogP contribution in [0.4, 0.5) is 5.69 Å². The average Bonchev–Trinajstić information content (AvgIpc) is 3.00. The van der Waals surface area contributed by atoms with E-state index < -0.39 is 0 Å². The number of furan rings is 1. The lowest BCUT2D eigenvalue weighted by molar-refractivity contribution is 0.102. The highest BCUT2D eigenvalue weighted by atomic mass is 16.5. The van der Waals surface area contributed by atoms with Gasteiger partial charge >= 0.3 is 0 Å². The number of unbranched alkanes of at least 4 members (excludes halogenated alkanes) is 1. The number of rotatable bonds is 7. The van der Waals surface area contributed by atoms with Crippen molar-refractivity contribution in [2.45, 2.75) is 32.8 Å². The van der Waals surface area contributed by atoms with Crippen molar-refractivity contribution in [3.8, 4) is 5.75 Å². The fraction of sp³-hybridized carbons (Fsp3) is 0.286. The van der Waals surface area contributed by atoms with Gasteiger partial charge in [0.25, 0.3) is 5.91 Å². The van der Waals surface area contributed by atoms with Gasteiger partial charge in [-0.3, -0.25) is 4.79 Å². The van der Waals surface area contributed by atoms with Crippen LogP contribution >= 0.6 is 0 Å². The fourth-order valence-corrected chi connectivity index (χ4v) is 3.02. The van der Waals surface area contributed by atoms with E-state index in [1.54, 1.807) is 25.3 Å². The van der Waals surface area contributed by atoms with Crippen LogP contribution in [0.3, 0.4) is 0 Å². The molecule has 136 valence electrons. The molecule has 0 aliphatic carbocycles. The van der Waals surface area contributed by atoms with Crippen molar-refractivity contribution in [1.29, 1.82) is 0 Å². The first kappa shape index (κ1) is 18.0. The number of ether oxygens (including phenoxy) is 1. The molecule has 1 heterocycles. The number of phenols is 1. The van der Waals surface area contributed by atoms with E-state index in [1.807, 2.05) is 24.3 Å². The molecule has 2 aromatic carbocycles. The smallest absolute Gasteiger partial charge is 0.259 e. The van der Waals surface area contributed by atoms with Gasteiger partial charge in [-0.1, -0.05) is 31.5 Å². The maximum absolute atomic E-state index is 13.0. The Labute approximate surface area is 152 Å². The van der Waals surface area contributed by atoms with Gasteiger partial charge in [0.2, 0.25) is 0 Å². The molecule has 0 spiro atoms. The highest BCUT2D eigenvalue weighted by Crippen LogP contribution is 2.29. The van der Waals surface area contributed by atoms with Gasteiger partial charge in [-0.25, -0.2) is 0 Å². The molecule has 0 unspecified atom stereocenters. The Morgan fingerprint density at radius 1 is 1.23 bits per heavy atom.